The van der Waals surface area contributed by atoms with Crippen molar-refractivity contribution in [3.8, 4) is 11.8 Å². The fourth-order valence-corrected chi connectivity index (χ4v) is 3.75. The van der Waals surface area contributed by atoms with E-state index >= 15 is 0 Å². The molecule has 10 heteroatoms. The van der Waals surface area contributed by atoms with Crippen molar-refractivity contribution < 1.29 is 17.9 Å². The zero-order chi connectivity index (χ0) is 19.2. The molecule has 4 rings (SSSR count). The van der Waals surface area contributed by atoms with Crippen LogP contribution in [0.4, 0.5) is 13.2 Å². The summed E-state index contributed by atoms with van der Waals surface area (Å²) >= 11 is 0. The lowest BCUT2D eigenvalue weighted by Crippen LogP contribution is -2.62. The molecule has 1 aromatic carbocycles. The number of aryl methyl sites for hydroxylation is 1. The van der Waals surface area contributed by atoms with E-state index < -0.39 is 17.3 Å². The summed E-state index contributed by atoms with van der Waals surface area (Å²) < 4.78 is 46.9. The Hall–Kier alpha value is -2.51. The Labute approximate surface area is 153 Å². The minimum atomic E-state index is -4.63. The number of rotatable bonds is 3. The summed E-state index contributed by atoms with van der Waals surface area (Å²) in [5.41, 5.74) is -0.686. The summed E-state index contributed by atoms with van der Waals surface area (Å²) in [6.45, 7) is 3.60. The van der Waals surface area contributed by atoms with Crippen LogP contribution >= 0.6 is 0 Å². The summed E-state index contributed by atoms with van der Waals surface area (Å²) in [5, 5.41) is 20.6. The van der Waals surface area contributed by atoms with Crippen molar-refractivity contribution in [3.05, 3.63) is 34.6 Å². The highest BCUT2D eigenvalue weighted by molar-refractivity contribution is 5.52. The number of nitriles is 1. The van der Waals surface area contributed by atoms with Gasteiger partial charge in [-0.25, -0.2) is 0 Å². The molecule has 7 nitrogen and oxygen atoms in total. The van der Waals surface area contributed by atoms with E-state index in [4.69, 9.17) is 10.00 Å². The zero-order valence-corrected chi connectivity index (χ0v) is 14.6. The summed E-state index contributed by atoms with van der Waals surface area (Å²) in [7, 11) is 0. The van der Waals surface area contributed by atoms with Gasteiger partial charge in [-0.05, 0) is 47.9 Å². The van der Waals surface area contributed by atoms with E-state index in [1.165, 1.54) is 10.7 Å². The topological polar surface area (TPSA) is 79.9 Å². The number of hydrogen-bond donors (Lipinski definition) is 0. The van der Waals surface area contributed by atoms with Gasteiger partial charge >= 0.3 is 6.18 Å². The lowest BCUT2D eigenvalue weighted by Gasteiger charge is -2.49. The maximum atomic E-state index is 13.3. The molecule has 2 aliphatic rings. The van der Waals surface area contributed by atoms with Crippen molar-refractivity contribution in [1.29, 1.82) is 5.26 Å². The van der Waals surface area contributed by atoms with Crippen LogP contribution in [0.1, 0.15) is 35.4 Å². The van der Waals surface area contributed by atoms with E-state index in [1.54, 1.807) is 13.0 Å². The number of benzene rings is 1. The van der Waals surface area contributed by atoms with Crippen LogP contribution in [0.5, 0.6) is 0 Å². The van der Waals surface area contributed by atoms with Gasteiger partial charge in [0.15, 0.2) is 5.82 Å². The van der Waals surface area contributed by atoms with Gasteiger partial charge in [0.25, 0.3) is 0 Å². The van der Waals surface area contributed by atoms with E-state index in [1.807, 2.05) is 0 Å². The third-order valence-corrected chi connectivity index (χ3v) is 5.16. The van der Waals surface area contributed by atoms with Gasteiger partial charge in [-0.3, -0.25) is 4.90 Å². The van der Waals surface area contributed by atoms with E-state index in [0.29, 0.717) is 24.0 Å². The lowest BCUT2D eigenvalue weighted by atomic mass is 9.92. The molecule has 0 bridgehead atoms. The number of halogens is 3. The quantitative estimate of drug-likeness (QED) is 0.815. The fraction of sp³-hybridized carbons (Fsp3) is 0.529. The second-order valence-electron chi connectivity index (χ2n) is 6.85. The minimum absolute atomic E-state index is 0.219. The summed E-state index contributed by atoms with van der Waals surface area (Å²) in [6, 6.07) is 4.07. The molecule has 2 atom stereocenters. The highest BCUT2D eigenvalue weighted by Crippen LogP contribution is 2.35. The monoisotopic (exact) mass is 378 g/mol. The average Bonchev–Trinajstić information content (AvgIpc) is 3.06. The molecule has 1 aromatic heterocycles. The van der Waals surface area contributed by atoms with Crippen molar-refractivity contribution >= 4 is 0 Å². The standard InChI is InChI=1S/C17H17F3N6O/c1-10-5-11(7-21)12(17(18,19)20)6-14(10)26-16(22-23-24-26)9-25-8-15-13(25)3-2-4-27-15/h5-6,13,15H,2-4,8-9H2,1H3/t13?,15-/m1/s1. The van der Waals surface area contributed by atoms with Gasteiger partial charge in [0.1, 0.15) is 0 Å². The van der Waals surface area contributed by atoms with Gasteiger partial charge in [-0.1, -0.05) is 0 Å². The van der Waals surface area contributed by atoms with Crippen molar-refractivity contribution in [2.75, 3.05) is 13.2 Å². The number of aromatic nitrogens is 4. The predicted molar refractivity (Wildman–Crippen MR) is 86.8 cm³/mol. The Morgan fingerprint density at radius 2 is 2.19 bits per heavy atom. The van der Waals surface area contributed by atoms with Crippen molar-refractivity contribution in [3.63, 3.8) is 0 Å². The largest absolute Gasteiger partial charge is 0.417 e. The molecule has 0 N–H and O–H groups in total. The molecule has 3 heterocycles. The van der Waals surface area contributed by atoms with Gasteiger partial charge in [0, 0.05) is 19.2 Å². The van der Waals surface area contributed by atoms with Gasteiger partial charge in [-0.2, -0.15) is 23.1 Å². The summed E-state index contributed by atoms with van der Waals surface area (Å²) in [6.07, 6.45) is -2.39. The number of tetrazole rings is 1. The van der Waals surface area contributed by atoms with Gasteiger partial charge < -0.3 is 4.74 Å². The molecule has 0 saturated carbocycles. The molecule has 0 amide bonds. The minimum Gasteiger partial charge on any atom is -0.375 e. The molecule has 142 valence electrons. The van der Waals surface area contributed by atoms with Crippen LogP contribution < -0.4 is 0 Å². The zero-order valence-electron chi connectivity index (χ0n) is 14.6. The van der Waals surface area contributed by atoms with Crippen LogP contribution in [0, 0.1) is 18.3 Å². The molecule has 27 heavy (non-hydrogen) atoms. The smallest absolute Gasteiger partial charge is 0.375 e. The van der Waals surface area contributed by atoms with Gasteiger partial charge in [0.05, 0.1) is 35.5 Å². The van der Waals surface area contributed by atoms with Crippen LogP contribution in [0.2, 0.25) is 0 Å². The Morgan fingerprint density at radius 3 is 2.89 bits per heavy atom. The van der Waals surface area contributed by atoms with E-state index in [2.05, 4.69) is 20.4 Å². The molecule has 2 aliphatic heterocycles. The van der Waals surface area contributed by atoms with Crippen LogP contribution in [0.15, 0.2) is 12.1 Å². The number of alkyl halides is 3. The highest BCUT2D eigenvalue weighted by atomic mass is 19.4. The van der Waals surface area contributed by atoms with Crippen molar-refractivity contribution in [1.82, 2.24) is 25.1 Å². The van der Waals surface area contributed by atoms with Crippen LogP contribution in [0.25, 0.3) is 5.69 Å². The first-order valence-corrected chi connectivity index (χ1v) is 8.63. The van der Waals surface area contributed by atoms with Gasteiger partial charge in [-0.15, -0.1) is 5.10 Å². The Balaban J connectivity index is 1.65. The molecule has 2 fully saturated rings. The fourth-order valence-electron chi connectivity index (χ4n) is 3.75. The normalized spacial score (nSPS) is 22.8. The predicted octanol–water partition coefficient (Wildman–Crippen LogP) is 2.22. The molecule has 2 aromatic rings. The highest BCUT2D eigenvalue weighted by Gasteiger charge is 2.42. The first-order chi connectivity index (χ1) is 12.9. The van der Waals surface area contributed by atoms with E-state index in [-0.39, 0.29) is 11.8 Å². The van der Waals surface area contributed by atoms with Gasteiger partial charge in [0.2, 0.25) is 0 Å². The number of likely N-dealkylation sites (tertiary alicyclic amines) is 1. The molecular formula is C17H17F3N6O. The number of fused-ring (bicyclic) bond motifs is 1. The Bertz CT molecular complexity index is 903. The first-order valence-electron chi connectivity index (χ1n) is 8.63. The van der Waals surface area contributed by atoms with Crippen LogP contribution in [0.3, 0.4) is 0 Å². The lowest BCUT2D eigenvalue weighted by molar-refractivity contribution is -0.138. The SMILES string of the molecule is Cc1cc(C#N)c(C(F)(F)F)cc1-n1nnnc1CN1C[C@H]2OCCCC21. The second-order valence-corrected chi connectivity index (χ2v) is 6.85. The number of ether oxygens (including phenoxy) is 1. The Kier molecular flexibility index (Phi) is 4.36. The van der Waals surface area contributed by atoms with E-state index in [9.17, 15) is 13.2 Å². The molecule has 2 saturated heterocycles. The maximum Gasteiger partial charge on any atom is 0.417 e. The van der Waals surface area contributed by atoms with Crippen LogP contribution in [-0.2, 0) is 17.5 Å². The average molecular weight is 378 g/mol. The van der Waals surface area contributed by atoms with E-state index in [0.717, 1.165) is 32.1 Å². The Morgan fingerprint density at radius 1 is 1.37 bits per heavy atom. The second kappa shape index (κ2) is 6.58. The molecule has 0 aliphatic carbocycles. The maximum absolute atomic E-state index is 13.3. The van der Waals surface area contributed by atoms with Crippen molar-refractivity contribution in [2.24, 2.45) is 0 Å². The molecule has 1 unspecified atom stereocenters. The third-order valence-electron chi connectivity index (χ3n) is 5.16. The summed E-state index contributed by atoms with van der Waals surface area (Å²) in [5.74, 6) is 0.458. The van der Waals surface area contributed by atoms with Crippen molar-refractivity contribution in [2.45, 2.75) is 44.6 Å². The number of hydrogen-bond acceptors (Lipinski definition) is 6. The summed E-state index contributed by atoms with van der Waals surface area (Å²) in [4.78, 5) is 2.18. The molecule has 0 spiro atoms. The van der Waals surface area contributed by atoms with Crippen LogP contribution in [-0.4, -0.2) is 50.4 Å². The molecule has 0 radical (unpaired) electrons. The third kappa shape index (κ3) is 3.17. The molecular weight excluding hydrogens is 361 g/mol. The number of nitrogens with zero attached hydrogens (tertiary/aromatic N) is 6. The first kappa shape index (κ1) is 17.9.